The van der Waals surface area contributed by atoms with Crippen LogP contribution in [0.3, 0.4) is 0 Å². The van der Waals surface area contributed by atoms with Crippen molar-refractivity contribution in [1.29, 1.82) is 0 Å². The maximum atomic E-state index is 6.11. The zero-order valence-electron chi connectivity index (χ0n) is 10.2. The van der Waals surface area contributed by atoms with Crippen LogP contribution in [-0.2, 0) is 0 Å². The summed E-state index contributed by atoms with van der Waals surface area (Å²) in [5.74, 6) is 1.36. The zero-order chi connectivity index (χ0) is 12.3. The first-order valence-electron chi connectivity index (χ1n) is 6.32. The first kappa shape index (κ1) is 13.2. The molecule has 2 atom stereocenters. The van der Waals surface area contributed by atoms with Crippen molar-refractivity contribution in [1.82, 2.24) is 5.32 Å². The van der Waals surface area contributed by atoms with Gasteiger partial charge in [0.25, 0.3) is 0 Å². The van der Waals surface area contributed by atoms with Gasteiger partial charge >= 0.3 is 0 Å². The first-order valence-corrected chi connectivity index (χ1v) is 7.07. The highest BCUT2D eigenvalue weighted by Gasteiger charge is 2.26. The molecule has 1 aromatic carbocycles. The Morgan fingerprint density at radius 2 is 1.94 bits per heavy atom. The lowest BCUT2D eigenvalue weighted by Crippen LogP contribution is -2.27. The fourth-order valence-electron chi connectivity index (χ4n) is 2.90. The molecule has 0 amide bonds. The van der Waals surface area contributed by atoms with Crippen LogP contribution in [0.25, 0.3) is 0 Å². The fourth-order valence-corrected chi connectivity index (χ4v) is 3.20. The molecule has 1 aliphatic carbocycles. The normalized spacial score (nSPS) is 24.9. The van der Waals surface area contributed by atoms with Crippen molar-refractivity contribution < 1.29 is 0 Å². The van der Waals surface area contributed by atoms with Crippen LogP contribution in [0.2, 0.25) is 10.0 Å². The Kier molecular flexibility index (Phi) is 4.72. The second-order valence-corrected chi connectivity index (χ2v) is 5.70. The van der Waals surface area contributed by atoms with Gasteiger partial charge in [0.05, 0.1) is 10.0 Å². The average Bonchev–Trinajstić information content (AvgIpc) is 2.34. The minimum absolute atomic E-state index is 0.631. The second-order valence-electron chi connectivity index (χ2n) is 4.88. The highest BCUT2D eigenvalue weighted by Crippen LogP contribution is 2.39. The molecule has 3 heteroatoms. The lowest BCUT2D eigenvalue weighted by molar-refractivity contribution is 0.301. The van der Waals surface area contributed by atoms with E-state index in [1.165, 1.54) is 31.2 Å². The van der Waals surface area contributed by atoms with Gasteiger partial charge in [-0.1, -0.05) is 42.1 Å². The Labute approximate surface area is 114 Å². The molecule has 2 rings (SSSR count). The first-order chi connectivity index (χ1) is 8.22. The second kappa shape index (κ2) is 6.08. The van der Waals surface area contributed by atoms with Crippen molar-refractivity contribution in [2.24, 2.45) is 5.92 Å². The molecule has 1 aromatic rings. The van der Waals surface area contributed by atoms with Crippen molar-refractivity contribution in [3.63, 3.8) is 0 Å². The van der Waals surface area contributed by atoms with Crippen molar-refractivity contribution in [3.8, 4) is 0 Å². The summed E-state index contributed by atoms with van der Waals surface area (Å²) in [4.78, 5) is 0. The minimum Gasteiger partial charge on any atom is -0.319 e. The Bertz CT molecular complexity index is 376. The fraction of sp³-hybridized carbons (Fsp3) is 0.571. The molecule has 0 saturated heterocycles. The highest BCUT2D eigenvalue weighted by atomic mass is 35.5. The van der Waals surface area contributed by atoms with Gasteiger partial charge in [0.15, 0.2) is 0 Å². The molecule has 0 radical (unpaired) electrons. The third-order valence-electron chi connectivity index (χ3n) is 3.75. The third kappa shape index (κ3) is 3.15. The summed E-state index contributed by atoms with van der Waals surface area (Å²) in [6, 6.07) is 6.10. The molecule has 94 valence electrons. The van der Waals surface area contributed by atoms with E-state index >= 15 is 0 Å². The van der Waals surface area contributed by atoms with Gasteiger partial charge in [-0.3, -0.25) is 0 Å². The molecular weight excluding hydrogens is 253 g/mol. The van der Waals surface area contributed by atoms with Gasteiger partial charge in [-0.15, -0.1) is 0 Å². The van der Waals surface area contributed by atoms with Gasteiger partial charge in [0.2, 0.25) is 0 Å². The molecule has 0 heterocycles. The van der Waals surface area contributed by atoms with Crippen LogP contribution in [0.5, 0.6) is 0 Å². The lowest BCUT2D eigenvalue weighted by atomic mass is 9.75. The van der Waals surface area contributed by atoms with Crippen LogP contribution < -0.4 is 5.32 Å². The van der Waals surface area contributed by atoms with Gasteiger partial charge in [-0.25, -0.2) is 0 Å². The molecule has 0 spiro atoms. The number of benzene rings is 1. The van der Waals surface area contributed by atoms with Crippen molar-refractivity contribution in [2.75, 3.05) is 13.6 Å². The Balaban J connectivity index is 2.20. The zero-order valence-corrected chi connectivity index (χ0v) is 11.7. The van der Waals surface area contributed by atoms with Gasteiger partial charge < -0.3 is 5.32 Å². The van der Waals surface area contributed by atoms with Crippen LogP contribution >= 0.6 is 23.2 Å². The highest BCUT2D eigenvalue weighted by molar-refractivity contribution is 6.42. The van der Waals surface area contributed by atoms with E-state index in [1.54, 1.807) is 0 Å². The predicted octanol–water partition coefficient (Wildman–Crippen LogP) is 4.49. The van der Waals surface area contributed by atoms with Crippen molar-refractivity contribution in [3.05, 3.63) is 33.8 Å². The summed E-state index contributed by atoms with van der Waals surface area (Å²) in [6.07, 6.45) is 5.26. The maximum Gasteiger partial charge on any atom is 0.0595 e. The average molecular weight is 272 g/mol. The number of hydrogen-bond donors (Lipinski definition) is 1. The Morgan fingerprint density at radius 1 is 1.18 bits per heavy atom. The third-order valence-corrected chi connectivity index (χ3v) is 4.49. The van der Waals surface area contributed by atoms with Crippen LogP contribution in [-0.4, -0.2) is 13.6 Å². The number of halogens is 2. The molecule has 0 aromatic heterocycles. The van der Waals surface area contributed by atoms with E-state index < -0.39 is 0 Å². The summed E-state index contributed by atoms with van der Waals surface area (Å²) in [5.41, 5.74) is 1.35. The predicted molar refractivity (Wildman–Crippen MR) is 75.1 cm³/mol. The summed E-state index contributed by atoms with van der Waals surface area (Å²) >= 11 is 12.1. The molecule has 0 aliphatic heterocycles. The minimum atomic E-state index is 0.631. The van der Waals surface area contributed by atoms with Gasteiger partial charge in [-0.05, 0) is 56.0 Å². The number of rotatable bonds is 3. The standard InChI is InChI=1S/C14H19Cl2N/c1-17-9-11-4-2-3-5-12(11)10-6-7-13(15)14(16)8-10/h6-8,11-12,17H,2-5,9H2,1H3/t11-,12?/m0/s1. The molecule has 1 N–H and O–H groups in total. The van der Waals surface area contributed by atoms with Crippen molar-refractivity contribution >= 4 is 23.2 Å². The van der Waals surface area contributed by atoms with Crippen LogP contribution in [0, 0.1) is 5.92 Å². The maximum absolute atomic E-state index is 6.11. The van der Waals surface area contributed by atoms with Crippen LogP contribution in [0.4, 0.5) is 0 Å². The Morgan fingerprint density at radius 3 is 2.65 bits per heavy atom. The molecular formula is C14H19Cl2N. The number of nitrogens with one attached hydrogen (secondary N) is 1. The van der Waals surface area contributed by atoms with E-state index in [4.69, 9.17) is 23.2 Å². The summed E-state index contributed by atoms with van der Waals surface area (Å²) < 4.78 is 0. The van der Waals surface area contributed by atoms with Gasteiger partial charge in [0, 0.05) is 0 Å². The monoisotopic (exact) mass is 271 g/mol. The molecule has 0 bridgehead atoms. The van der Waals surface area contributed by atoms with Crippen LogP contribution in [0.15, 0.2) is 18.2 Å². The molecule has 1 nitrogen and oxygen atoms in total. The van der Waals surface area contributed by atoms with E-state index in [0.29, 0.717) is 16.0 Å². The van der Waals surface area contributed by atoms with Gasteiger partial charge in [0.1, 0.15) is 0 Å². The summed E-state index contributed by atoms with van der Waals surface area (Å²) in [7, 11) is 2.03. The SMILES string of the molecule is CNC[C@@H]1CCCCC1c1ccc(Cl)c(Cl)c1. The molecule has 17 heavy (non-hydrogen) atoms. The van der Waals surface area contributed by atoms with Gasteiger partial charge in [-0.2, -0.15) is 0 Å². The van der Waals surface area contributed by atoms with E-state index in [1.807, 2.05) is 19.2 Å². The van der Waals surface area contributed by atoms with E-state index in [0.717, 1.165) is 12.5 Å². The molecule has 1 fully saturated rings. The lowest BCUT2D eigenvalue weighted by Gasteiger charge is -2.32. The molecule has 1 unspecified atom stereocenters. The largest absolute Gasteiger partial charge is 0.319 e. The number of hydrogen-bond acceptors (Lipinski definition) is 1. The topological polar surface area (TPSA) is 12.0 Å². The Hall–Kier alpha value is -0.240. The van der Waals surface area contributed by atoms with E-state index in [2.05, 4.69) is 11.4 Å². The van der Waals surface area contributed by atoms with E-state index in [-0.39, 0.29) is 0 Å². The summed E-state index contributed by atoms with van der Waals surface area (Å²) in [5, 5.41) is 4.63. The molecule has 1 saturated carbocycles. The van der Waals surface area contributed by atoms with Crippen LogP contribution in [0.1, 0.15) is 37.2 Å². The molecule has 1 aliphatic rings. The quantitative estimate of drug-likeness (QED) is 0.855. The van der Waals surface area contributed by atoms with Crippen molar-refractivity contribution in [2.45, 2.75) is 31.6 Å². The smallest absolute Gasteiger partial charge is 0.0595 e. The van der Waals surface area contributed by atoms with E-state index in [9.17, 15) is 0 Å². The summed E-state index contributed by atoms with van der Waals surface area (Å²) in [6.45, 7) is 1.09.